The topological polar surface area (TPSA) is 42.2 Å². The van der Waals surface area contributed by atoms with E-state index in [0.29, 0.717) is 24.5 Å². The van der Waals surface area contributed by atoms with Crippen LogP contribution in [-0.2, 0) is 12.8 Å². The highest BCUT2D eigenvalue weighted by Crippen LogP contribution is 2.26. The van der Waals surface area contributed by atoms with Crippen molar-refractivity contribution in [1.82, 2.24) is 0 Å². The number of nitriles is 1. The third-order valence-electron chi connectivity index (χ3n) is 3.69. The molecule has 0 aliphatic heterocycles. The van der Waals surface area contributed by atoms with Crippen LogP contribution in [0.3, 0.4) is 0 Å². The number of rotatable bonds is 5. The maximum Gasteiger partial charge on any atom is 0.137 e. The lowest BCUT2D eigenvalue weighted by Crippen LogP contribution is -2.09. The van der Waals surface area contributed by atoms with Crippen molar-refractivity contribution in [2.24, 2.45) is 0 Å². The summed E-state index contributed by atoms with van der Waals surface area (Å²) in [6.07, 6.45) is 3.58. The van der Waals surface area contributed by atoms with Crippen molar-refractivity contribution >= 4 is 0 Å². The standard InChI is InChI=1S/C18H17NO2/c19-13-16-4-1-2-7-18(16)21-11-10-20-17-9-8-14-5-3-6-15(14)12-17/h1-2,4,7-9,12H,3,5-6,10-11H2. The lowest BCUT2D eigenvalue weighted by Gasteiger charge is -2.10. The van der Waals surface area contributed by atoms with Crippen LogP contribution in [0.15, 0.2) is 42.5 Å². The third-order valence-corrected chi connectivity index (χ3v) is 3.69. The van der Waals surface area contributed by atoms with Gasteiger partial charge in [-0.05, 0) is 54.7 Å². The molecule has 1 aliphatic carbocycles. The van der Waals surface area contributed by atoms with Gasteiger partial charge in [-0.1, -0.05) is 18.2 Å². The van der Waals surface area contributed by atoms with Crippen molar-refractivity contribution in [1.29, 1.82) is 5.26 Å². The van der Waals surface area contributed by atoms with Gasteiger partial charge in [-0.2, -0.15) is 5.26 Å². The summed E-state index contributed by atoms with van der Waals surface area (Å²) in [4.78, 5) is 0. The Morgan fingerprint density at radius 3 is 2.67 bits per heavy atom. The van der Waals surface area contributed by atoms with Gasteiger partial charge in [0.05, 0.1) is 5.56 Å². The van der Waals surface area contributed by atoms with E-state index in [0.717, 1.165) is 12.2 Å². The fourth-order valence-electron chi connectivity index (χ4n) is 2.63. The van der Waals surface area contributed by atoms with Crippen molar-refractivity contribution in [2.75, 3.05) is 13.2 Å². The molecule has 0 radical (unpaired) electrons. The molecule has 0 spiro atoms. The van der Waals surface area contributed by atoms with Crippen LogP contribution in [0.5, 0.6) is 11.5 Å². The van der Waals surface area contributed by atoms with Crippen molar-refractivity contribution in [3.63, 3.8) is 0 Å². The molecule has 0 unspecified atom stereocenters. The molecule has 0 atom stereocenters. The molecule has 3 rings (SSSR count). The molecule has 0 aromatic heterocycles. The number of ether oxygens (including phenoxy) is 2. The highest BCUT2D eigenvalue weighted by Gasteiger charge is 2.11. The molecule has 2 aromatic rings. The van der Waals surface area contributed by atoms with Crippen molar-refractivity contribution in [2.45, 2.75) is 19.3 Å². The lowest BCUT2D eigenvalue weighted by molar-refractivity contribution is 0.216. The monoisotopic (exact) mass is 279 g/mol. The molecule has 106 valence electrons. The van der Waals surface area contributed by atoms with Crippen LogP contribution < -0.4 is 9.47 Å². The van der Waals surface area contributed by atoms with Gasteiger partial charge < -0.3 is 9.47 Å². The summed E-state index contributed by atoms with van der Waals surface area (Å²) in [6.45, 7) is 0.897. The first-order valence-electron chi connectivity index (χ1n) is 7.23. The molecular formula is C18H17NO2. The van der Waals surface area contributed by atoms with Gasteiger partial charge in [-0.25, -0.2) is 0 Å². The van der Waals surface area contributed by atoms with E-state index < -0.39 is 0 Å². The largest absolute Gasteiger partial charge is 0.490 e. The smallest absolute Gasteiger partial charge is 0.137 e. The summed E-state index contributed by atoms with van der Waals surface area (Å²) in [7, 11) is 0. The zero-order valence-electron chi connectivity index (χ0n) is 11.8. The SMILES string of the molecule is N#Cc1ccccc1OCCOc1ccc2c(c1)CCC2. The van der Waals surface area contributed by atoms with Crippen molar-refractivity contribution in [3.05, 3.63) is 59.2 Å². The number of aryl methyl sites for hydroxylation is 2. The number of hydrogen-bond acceptors (Lipinski definition) is 3. The molecule has 3 nitrogen and oxygen atoms in total. The second-order valence-electron chi connectivity index (χ2n) is 5.09. The van der Waals surface area contributed by atoms with E-state index in [2.05, 4.69) is 18.2 Å². The summed E-state index contributed by atoms with van der Waals surface area (Å²) < 4.78 is 11.3. The van der Waals surface area contributed by atoms with Gasteiger partial charge in [0.15, 0.2) is 0 Å². The Labute approximate surface area is 124 Å². The molecule has 0 heterocycles. The number of nitrogens with zero attached hydrogens (tertiary/aromatic N) is 1. The maximum absolute atomic E-state index is 8.98. The summed E-state index contributed by atoms with van der Waals surface area (Å²) in [6, 6.07) is 15.7. The van der Waals surface area contributed by atoms with Crippen LogP contribution in [0, 0.1) is 11.3 Å². The van der Waals surface area contributed by atoms with Gasteiger partial charge in [0.25, 0.3) is 0 Å². The second kappa shape index (κ2) is 6.32. The Morgan fingerprint density at radius 1 is 0.952 bits per heavy atom. The minimum atomic E-state index is 0.426. The van der Waals surface area contributed by atoms with Gasteiger partial charge in [0.1, 0.15) is 30.8 Å². The van der Waals surface area contributed by atoms with Gasteiger partial charge in [0.2, 0.25) is 0 Å². The molecule has 0 amide bonds. The van der Waals surface area contributed by atoms with Crippen LogP contribution in [0.4, 0.5) is 0 Å². The molecule has 0 fully saturated rings. The van der Waals surface area contributed by atoms with E-state index in [-0.39, 0.29) is 0 Å². The Kier molecular flexibility index (Phi) is 4.07. The van der Waals surface area contributed by atoms with E-state index in [1.165, 1.54) is 24.0 Å². The lowest BCUT2D eigenvalue weighted by atomic mass is 10.1. The molecule has 3 heteroatoms. The molecule has 1 aliphatic rings. The molecule has 2 aromatic carbocycles. The molecule has 0 bridgehead atoms. The Balaban J connectivity index is 1.51. The third kappa shape index (κ3) is 3.17. The van der Waals surface area contributed by atoms with Crippen LogP contribution >= 0.6 is 0 Å². The van der Waals surface area contributed by atoms with E-state index in [4.69, 9.17) is 14.7 Å². The Morgan fingerprint density at radius 2 is 1.76 bits per heavy atom. The fourth-order valence-corrected chi connectivity index (χ4v) is 2.63. The molecule has 0 saturated heterocycles. The zero-order valence-corrected chi connectivity index (χ0v) is 11.8. The second-order valence-corrected chi connectivity index (χ2v) is 5.09. The molecule has 0 saturated carbocycles. The first-order valence-corrected chi connectivity index (χ1v) is 7.23. The molecular weight excluding hydrogens is 262 g/mol. The molecule has 21 heavy (non-hydrogen) atoms. The summed E-state index contributed by atoms with van der Waals surface area (Å²) in [5.41, 5.74) is 3.40. The minimum absolute atomic E-state index is 0.426. The van der Waals surface area contributed by atoms with E-state index >= 15 is 0 Å². The summed E-state index contributed by atoms with van der Waals surface area (Å²) in [5.74, 6) is 1.50. The predicted molar refractivity (Wildman–Crippen MR) is 80.6 cm³/mol. The summed E-state index contributed by atoms with van der Waals surface area (Å²) in [5, 5.41) is 8.98. The van der Waals surface area contributed by atoms with Gasteiger partial charge in [-0.3, -0.25) is 0 Å². The predicted octanol–water partition coefficient (Wildman–Crippen LogP) is 3.50. The average molecular weight is 279 g/mol. The zero-order chi connectivity index (χ0) is 14.5. The Bertz CT molecular complexity index is 673. The van der Waals surface area contributed by atoms with Crippen LogP contribution in [0.25, 0.3) is 0 Å². The van der Waals surface area contributed by atoms with Gasteiger partial charge in [0, 0.05) is 0 Å². The normalized spacial score (nSPS) is 12.5. The summed E-state index contributed by atoms with van der Waals surface area (Å²) >= 11 is 0. The highest BCUT2D eigenvalue weighted by molar-refractivity contribution is 5.42. The number of hydrogen-bond donors (Lipinski definition) is 0. The quantitative estimate of drug-likeness (QED) is 0.787. The number of para-hydroxylation sites is 1. The molecule has 0 N–H and O–H groups in total. The van der Waals surface area contributed by atoms with Crippen LogP contribution in [-0.4, -0.2) is 13.2 Å². The maximum atomic E-state index is 8.98. The number of benzene rings is 2. The van der Waals surface area contributed by atoms with E-state index in [1.54, 1.807) is 12.1 Å². The first kappa shape index (κ1) is 13.5. The Hall–Kier alpha value is -2.47. The van der Waals surface area contributed by atoms with Crippen molar-refractivity contribution in [3.8, 4) is 17.6 Å². The fraction of sp³-hybridized carbons (Fsp3) is 0.278. The van der Waals surface area contributed by atoms with Crippen LogP contribution in [0.2, 0.25) is 0 Å². The van der Waals surface area contributed by atoms with Gasteiger partial charge in [-0.15, -0.1) is 0 Å². The minimum Gasteiger partial charge on any atom is -0.490 e. The van der Waals surface area contributed by atoms with Crippen LogP contribution in [0.1, 0.15) is 23.1 Å². The van der Waals surface area contributed by atoms with E-state index in [9.17, 15) is 0 Å². The first-order chi connectivity index (χ1) is 10.4. The number of fused-ring (bicyclic) bond motifs is 1. The van der Waals surface area contributed by atoms with E-state index in [1.807, 2.05) is 18.2 Å². The average Bonchev–Trinajstić information content (AvgIpc) is 2.99. The highest BCUT2D eigenvalue weighted by atomic mass is 16.5. The van der Waals surface area contributed by atoms with Gasteiger partial charge >= 0.3 is 0 Å². The van der Waals surface area contributed by atoms with Crippen molar-refractivity contribution < 1.29 is 9.47 Å².